The molecule has 0 spiro atoms. The minimum atomic E-state index is -0.620. The van der Waals surface area contributed by atoms with E-state index in [9.17, 15) is 9.59 Å². The Morgan fingerprint density at radius 3 is 2.52 bits per heavy atom. The molecule has 0 bridgehead atoms. The van der Waals surface area contributed by atoms with Gasteiger partial charge >= 0.3 is 5.97 Å². The summed E-state index contributed by atoms with van der Waals surface area (Å²) in [7, 11) is 0. The summed E-state index contributed by atoms with van der Waals surface area (Å²) in [6.45, 7) is 3.39. The number of aryl methyl sites for hydroxylation is 1. The Hall–Kier alpha value is -4.18. The average Bonchev–Trinajstić information content (AvgIpc) is 3.06. The number of hydrogen-bond donors (Lipinski definition) is 1. The summed E-state index contributed by atoms with van der Waals surface area (Å²) in [6, 6.07) is 18.7. The molecule has 3 rings (SSSR count). The Labute approximate surface area is 180 Å². The molecule has 7 nitrogen and oxygen atoms in total. The van der Waals surface area contributed by atoms with Crippen molar-refractivity contribution < 1.29 is 14.3 Å². The van der Waals surface area contributed by atoms with Crippen molar-refractivity contribution in [3.63, 3.8) is 0 Å². The molecule has 0 fully saturated rings. The third-order valence-corrected chi connectivity index (χ3v) is 4.60. The van der Waals surface area contributed by atoms with Gasteiger partial charge < -0.3 is 10.1 Å². The second-order valence-electron chi connectivity index (χ2n) is 6.85. The number of esters is 1. The Bertz CT molecular complexity index is 1140. The maximum absolute atomic E-state index is 12.0. The smallest absolute Gasteiger partial charge is 0.331 e. The minimum Gasteiger partial charge on any atom is -0.452 e. The lowest BCUT2D eigenvalue weighted by Gasteiger charge is -2.06. The Kier molecular flexibility index (Phi) is 6.97. The molecular formula is C24H22N4O3. The second kappa shape index (κ2) is 10.0. The van der Waals surface area contributed by atoms with E-state index in [2.05, 4.69) is 16.5 Å². The van der Waals surface area contributed by atoms with Gasteiger partial charge in [-0.3, -0.25) is 4.79 Å². The molecule has 0 atom stereocenters. The van der Waals surface area contributed by atoms with Crippen LogP contribution in [-0.4, -0.2) is 28.3 Å². The van der Waals surface area contributed by atoms with Crippen LogP contribution in [0.2, 0.25) is 0 Å². The molecule has 3 aromatic rings. The van der Waals surface area contributed by atoms with Gasteiger partial charge in [0.2, 0.25) is 0 Å². The summed E-state index contributed by atoms with van der Waals surface area (Å²) >= 11 is 0. The first-order valence-electron chi connectivity index (χ1n) is 9.70. The van der Waals surface area contributed by atoms with E-state index in [-0.39, 0.29) is 0 Å². The lowest BCUT2D eigenvalue weighted by atomic mass is 10.1. The molecule has 0 saturated heterocycles. The SMILES string of the molecule is Cc1nn(-c2ccccc2)c(C)c1/C=C/C(=O)OCC(=O)Nc1ccc(CC#N)cc1. The molecule has 0 saturated carbocycles. The Morgan fingerprint density at radius 2 is 1.84 bits per heavy atom. The lowest BCUT2D eigenvalue weighted by molar-refractivity contribution is -0.142. The molecule has 156 valence electrons. The second-order valence-corrected chi connectivity index (χ2v) is 6.85. The third kappa shape index (κ3) is 5.67. The van der Waals surface area contributed by atoms with Gasteiger partial charge in [-0.2, -0.15) is 10.4 Å². The average molecular weight is 414 g/mol. The molecule has 0 unspecified atom stereocenters. The maximum atomic E-state index is 12.0. The quantitative estimate of drug-likeness (QED) is 0.469. The summed E-state index contributed by atoms with van der Waals surface area (Å²) in [4.78, 5) is 24.0. The summed E-state index contributed by atoms with van der Waals surface area (Å²) in [5, 5.41) is 15.9. The number of carbonyl (C=O) groups excluding carboxylic acids is 2. The van der Waals surface area contributed by atoms with Crippen LogP contribution < -0.4 is 5.32 Å². The molecular weight excluding hydrogens is 392 g/mol. The highest BCUT2D eigenvalue weighted by molar-refractivity contribution is 5.94. The van der Waals surface area contributed by atoms with Crippen molar-refractivity contribution in [1.82, 2.24) is 9.78 Å². The van der Waals surface area contributed by atoms with Gasteiger partial charge in [-0.15, -0.1) is 0 Å². The third-order valence-electron chi connectivity index (χ3n) is 4.60. The minimum absolute atomic E-state index is 0.307. The maximum Gasteiger partial charge on any atom is 0.331 e. The number of nitriles is 1. The van der Waals surface area contributed by atoms with Gasteiger partial charge in [0, 0.05) is 23.0 Å². The fraction of sp³-hybridized carbons (Fsp3) is 0.167. The highest BCUT2D eigenvalue weighted by atomic mass is 16.5. The molecule has 0 aliphatic heterocycles. The van der Waals surface area contributed by atoms with Crippen LogP contribution in [0.25, 0.3) is 11.8 Å². The summed E-state index contributed by atoms with van der Waals surface area (Å²) in [6.07, 6.45) is 3.24. The van der Waals surface area contributed by atoms with Crippen molar-refractivity contribution >= 4 is 23.6 Å². The van der Waals surface area contributed by atoms with Crippen molar-refractivity contribution in [2.75, 3.05) is 11.9 Å². The molecule has 7 heteroatoms. The Balaban J connectivity index is 1.55. The topological polar surface area (TPSA) is 97.0 Å². The molecule has 1 heterocycles. The number of hydrogen-bond acceptors (Lipinski definition) is 5. The summed E-state index contributed by atoms with van der Waals surface area (Å²) in [5.74, 6) is -1.06. The number of nitrogens with one attached hydrogen (secondary N) is 1. The molecule has 1 amide bonds. The molecule has 1 aromatic heterocycles. The number of anilines is 1. The Morgan fingerprint density at radius 1 is 1.13 bits per heavy atom. The first kappa shape index (κ1) is 21.5. The van der Waals surface area contributed by atoms with Crippen molar-refractivity contribution in [3.8, 4) is 11.8 Å². The van der Waals surface area contributed by atoms with E-state index in [1.807, 2.05) is 48.9 Å². The predicted molar refractivity (Wildman–Crippen MR) is 117 cm³/mol. The number of nitrogens with zero attached hydrogens (tertiary/aromatic N) is 3. The van der Waals surface area contributed by atoms with E-state index in [0.717, 1.165) is 28.2 Å². The predicted octanol–water partition coefficient (Wildman–Crippen LogP) is 3.75. The number of para-hydroxylation sites is 1. The standard InChI is InChI=1S/C24H22N4O3/c1-17-22(18(2)28(27-17)21-6-4-3-5-7-21)12-13-24(30)31-16-23(29)26-20-10-8-19(9-11-20)14-15-25/h3-13H,14,16H2,1-2H3,(H,26,29)/b13-12+. The van der Waals surface area contributed by atoms with E-state index >= 15 is 0 Å². The van der Waals surface area contributed by atoms with Gasteiger partial charge in [0.05, 0.1) is 23.9 Å². The fourth-order valence-corrected chi connectivity index (χ4v) is 3.05. The zero-order valence-electron chi connectivity index (χ0n) is 17.3. The van der Waals surface area contributed by atoms with Crippen LogP contribution in [0.4, 0.5) is 5.69 Å². The van der Waals surface area contributed by atoms with Crippen molar-refractivity contribution in [2.24, 2.45) is 0 Å². The van der Waals surface area contributed by atoms with E-state index in [1.54, 1.807) is 30.3 Å². The van der Waals surface area contributed by atoms with Gasteiger partial charge in [-0.25, -0.2) is 9.48 Å². The van der Waals surface area contributed by atoms with Crippen LogP contribution in [0, 0.1) is 25.2 Å². The van der Waals surface area contributed by atoms with Gasteiger partial charge in [0.25, 0.3) is 5.91 Å². The largest absolute Gasteiger partial charge is 0.452 e. The van der Waals surface area contributed by atoms with Crippen molar-refractivity contribution in [1.29, 1.82) is 5.26 Å². The van der Waals surface area contributed by atoms with Gasteiger partial charge in [0.1, 0.15) is 0 Å². The lowest BCUT2D eigenvalue weighted by Crippen LogP contribution is -2.20. The first-order valence-corrected chi connectivity index (χ1v) is 9.70. The fourth-order valence-electron chi connectivity index (χ4n) is 3.05. The molecule has 0 aliphatic carbocycles. The van der Waals surface area contributed by atoms with Gasteiger partial charge in [-0.05, 0) is 49.8 Å². The van der Waals surface area contributed by atoms with Crippen molar-refractivity contribution in [2.45, 2.75) is 20.3 Å². The monoisotopic (exact) mass is 414 g/mol. The zero-order valence-corrected chi connectivity index (χ0v) is 17.3. The highest BCUT2D eigenvalue weighted by Crippen LogP contribution is 2.19. The zero-order chi connectivity index (χ0) is 22.2. The van der Waals surface area contributed by atoms with Crippen LogP contribution in [0.15, 0.2) is 60.7 Å². The number of ether oxygens (including phenoxy) is 1. The molecule has 0 aliphatic rings. The van der Waals surface area contributed by atoms with Crippen molar-refractivity contribution in [3.05, 3.63) is 83.2 Å². The van der Waals surface area contributed by atoms with E-state index < -0.39 is 18.5 Å². The van der Waals surface area contributed by atoms with Crippen LogP contribution in [0.1, 0.15) is 22.5 Å². The summed E-state index contributed by atoms with van der Waals surface area (Å²) in [5.41, 5.74) is 4.86. The normalized spacial score (nSPS) is 10.6. The molecule has 0 radical (unpaired) electrons. The number of aromatic nitrogens is 2. The van der Waals surface area contributed by atoms with Crippen LogP contribution in [0.3, 0.4) is 0 Å². The van der Waals surface area contributed by atoms with E-state index in [0.29, 0.717) is 12.1 Å². The van der Waals surface area contributed by atoms with Crippen LogP contribution in [0.5, 0.6) is 0 Å². The highest BCUT2D eigenvalue weighted by Gasteiger charge is 2.11. The molecule has 31 heavy (non-hydrogen) atoms. The van der Waals surface area contributed by atoms with E-state index in [4.69, 9.17) is 10.00 Å². The van der Waals surface area contributed by atoms with Gasteiger partial charge in [-0.1, -0.05) is 30.3 Å². The number of amides is 1. The number of carbonyl (C=O) groups is 2. The number of benzene rings is 2. The van der Waals surface area contributed by atoms with Crippen LogP contribution in [-0.2, 0) is 20.7 Å². The van der Waals surface area contributed by atoms with E-state index in [1.165, 1.54) is 6.08 Å². The molecule has 1 N–H and O–H groups in total. The van der Waals surface area contributed by atoms with Crippen LogP contribution >= 0.6 is 0 Å². The number of rotatable bonds is 7. The summed E-state index contributed by atoms with van der Waals surface area (Å²) < 4.78 is 6.84. The molecule has 2 aromatic carbocycles. The van der Waals surface area contributed by atoms with Gasteiger partial charge in [0.15, 0.2) is 6.61 Å². The first-order chi connectivity index (χ1) is 15.0.